The summed E-state index contributed by atoms with van der Waals surface area (Å²) < 4.78 is 38.2. The van der Waals surface area contributed by atoms with Crippen molar-refractivity contribution in [3.8, 4) is 0 Å². The molecule has 0 aromatic heterocycles. The number of hydrogen-bond donors (Lipinski definition) is 1. The number of rotatable bonds is 4. The Morgan fingerprint density at radius 3 is 2.47 bits per heavy atom. The molecule has 0 fully saturated rings. The Kier molecular flexibility index (Phi) is 4.15. The van der Waals surface area contributed by atoms with Crippen molar-refractivity contribution in [3.63, 3.8) is 0 Å². The fourth-order valence-corrected chi connectivity index (χ4v) is 1.57. The summed E-state index contributed by atoms with van der Waals surface area (Å²) in [5, 5.41) is 8.49. The Morgan fingerprint density at radius 2 is 2.00 bits per heavy atom. The first-order chi connectivity index (χ1) is 7.84. The molecule has 0 bridgehead atoms. The van der Waals surface area contributed by atoms with Crippen LogP contribution in [-0.2, 0) is 23.8 Å². The van der Waals surface area contributed by atoms with Crippen molar-refractivity contribution in [1.82, 2.24) is 0 Å². The highest BCUT2D eigenvalue weighted by Gasteiger charge is 2.33. The molecule has 17 heavy (non-hydrogen) atoms. The fourth-order valence-electron chi connectivity index (χ4n) is 1.57. The first-order valence-corrected chi connectivity index (χ1v) is 5.25. The summed E-state index contributed by atoms with van der Waals surface area (Å²) in [5.74, 6) is -1.10. The van der Waals surface area contributed by atoms with E-state index >= 15 is 0 Å². The Labute approximate surface area is 97.1 Å². The molecule has 1 aromatic carbocycles. The van der Waals surface area contributed by atoms with Crippen molar-refractivity contribution in [2.75, 3.05) is 0 Å². The van der Waals surface area contributed by atoms with Gasteiger partial charge in [0, 0.05) is 6.42 Å². The van der Waals surface area contributed by atoms with Gasteiger partial charge in [0.25, 0.3) is 0 Å². The molecule has 0 aliphatic heterocycles. The molecular weight excluding hydrogens is 233 g/mol. The van der Waals surface area contributed by atoms with E-state index in [0.717, 1.165) is 6.07 Å². The maximum absolute atomic E-state index is 12.7. The average molecular weight is 246 g/mol. The number of alkyl halides is 3. The van der Waals surface area contributed by atoms with Gasteiger partial charge in [0.15, 0.2) is 0 Å². The molecule has 0 atom stereocenters. The zero-order valence-electron chi connectivity index (χ0n) is 9.34. The lowest BCUT2D eigenvalue weighted by atomic mass is 9.99. The molecule has 0 aliphatic rings. The standard InChI is InChI=1S/C12H13F3O2/c1-2-8-3-4-9(5-6-11(16)17)10(7-8)12(13,14)15/h3-4,7H,2,5-6H2,1H3,(H,16,17). The van der Waals surface area contributed by atoms with Gasteiger partial charge in [-0.25, -0.2) is 0 Å². The van der Waals surface area contributed by atoms with Crippen molar-refractivity contribution in [2.24, 2.45) is 0 Å². The van der Waals surface area contributed by atoms with Gasteiger partial charge < -0.3 is 5.11 Å². The van der Waals surface area contributed by atoms with E-state index < -0.39 is 17.7 Å². The number of halogens is 3. The van der Waals surface area contributed by atoms with Crippen LogP contribution in [0.5, 0.6) is 0 Å². The molecule has 0 heterocycles. The quantitative estimate of drug-likeness (QED) is 0.885. The third-order valence-electron chi connectivity index (χ3n) is 2.50. The Hall–Kier alpha value is -1.52. The Bertz CT molecular complexity index is 411. The van der Waals surface area contributed by atoms with Crippen molar-refractivity contribution >= 4 is 5.97 Å². The van der Waals surface area contributed by atoms with Crippen molar-refractivity contribution < 1.29 is 23.1 Å². The van der Waals surface area contributed by atoms with Crippen LogP contribution in [0.2, 0.25) is 0 Å². The van der Waals surface area contributed by atoms with Crippen LogP contribution in [0.3, 0.4) is 0 Å². The predicted molar refractivity (Wildman–Crippen MR) is 56.8 cm³/mol. The lowest BCUT2D eigenvalue weighted by Gasteiger charge is -2.13. The maximum atomic E-state index is 12.7. The average Bonchev–Trinajstić information content (AvgIpc) is 2.24. The van der Waals surface area contributed by atoms with Gasteiger partial charge in [-0.15, -0.1) is 0 Å². The van der Waals surface area contributed by atoms with Crippen molar-refractivity contribution in [2.45, 2.75) is 32.4 Å². The third-order valence-corrected chi connectivity index (χ3v) is 2.50. The topological polar surface area (TPSA) is 37.3 Å². The van der Waals surface area contributed by atoms with E-state index in [1.54, 1.807) is 13.0 Å². The van der Waals surface area contributed by atoms with Gasteiger partial charge in [-0.3, -0.25) is 4.79 Å². The van der Waals surface area contributed by atoms with Gasteiger partial charge >= 0.3 is 12.1 Å². The number of carboxylic acid groups (broad SMARTS) is 1. The van der Waals surface area contributed by atoms with Gasteiger partial charge in [0.2, 0.25) is 0 Å². The van der Waals surface area contributed by atoms with Crippen LogP contribution in [0, 0.1) is 0 Å². The highest BCUT2D eigenvalue weighted by molar-refractivity contribution is 5.67. The molecule has 1 rings (SSSR count). The lowest BCUT2D eigenvalue weighted by molar-refractivity contribution is -0.140. The molecule has 2 nitrogen and oxygen atoms in total. The molecule has 0 unspecified atom stereocenters. The van der Waals surface area contributed by atoms with E-state index in [-0.39, 0.29) is 18.4 Å². The molecule has 0 aliphatic carbocycles. The Morgan fingerprint density at radius 1 is 1.35 bits per heavy atom. The number of aryl methyl sites for hydroxylation is 2. The first kappa shape index (κ1) is 13.5. The zero-order valence-corrected chi connectivity index (χ0v) is 9.34. The molecule has 1 aromatic rings. The van der Waals surface area contributed by atoms with E-state index in [9.17, 15) is 18.0 Å². The molecule has 0 radical (unpaired) electrons. The van der Waals surface area contributed by atoms with E-state index in [4.69, 9.17) is 5.11 Å². The summed E-state index contributed by atoms with van der Waals surface area (Å²) in [6.45, 7) is 1.77. The van der Waals surface area contributed by atoms with Crippen LogP contribution in [0.25, 0.3) is 0 Å². The molecule has 1 N–H and O–H groups in total. The normalized spacial score (nSPS) is 11.5. The number of carboxylic acids is 1. The van der Waals surface area contributed by atoms with E-state index in [1.165, 1.54) is 6.07 Å². The largest absolute Gasteiger partial charge is 0.481 e. The molecule has 5 heteroatoms. The van der Waals surface area contributed by atoms with Gasteiger partial charge in [-0.2, -0.15) is 13.2 Å². The molecule has 0 saturated carbocycles. The molecule has 0 saturated heterocycles. The van der Waals surface area contributed by atoms with Crippen LogP contribution in [0.1, 0.15) is 30.0 Å². The number of carbonyl (C=O) groups is 1. The van der Waals surface area contributed by atoms with E-state index in [1.807, 2.05) is 0 Å². The summed E-state index contributed by atoms with van der Waals surface area (Å²) in [6.07, 6.45) is -4.32. The summed E-state index contributed by atoms with van der Waals surface area (Å²) in [4.78, 5) is 10.4. The molecular formula is C12H13F3O2. The van der Waals surface area contributed by atoms with Crippen molar-refractivity contribution in [3.05, 3.63) is 34.9 Å². The SMILES string of the molecule is CCc1ccc(CCC(=O)O)c(C(F)(F)F)c1. The molecule has 0 amide bonds. The lowest BCUT2D eigenvalue weighted by Crippen LogP contribution is -2.11. The number of benzene rings is 1. The highest BCUT2D eigenvalue weighted by atomic mass is 19.4. The van der Waals surface area contributed by atoms with Gasteiger partial charge in [0.05, 0.1) is 5.56 Å². The van der Waals surface area contributed by atoms with Crippen LogP contribution < -0.4 is 0 Å². The minimum Gasteiger partial charge on any atom is -0.481 e. The van der Waals surface area contributed by atoms with Crippen LogP contribution in [-0.4, -0.2) is 11.1 Å². The van der Waals surface area contributed by atoms with Gasteiger partial charge in [-0.1, -0.05) is 19.1 Å². The van der Waals surface area contributed by atoms with Gasteiger partial charge in [-0.05, 0) is 30.0 Å². The summed E-state index contributed by atoms with van der Waals surface area (Å²) >= 11 is 0. The second-order valence-corrected chi connectivity index (χ2v) is 3.74. The second-order valence-electron chi connectivity index (χ2n) is 3.74. The predicted octanol–water partition coefficient (Wildman–Crippen LogP) is 3.29. The summed E-state index contributed by atoms with van der Waals surface area (Å²) in [6, 6.07) is 4.06. The minimum atomic E-state index is -4.43. The van der Waals surface area contributed by atoms with Crippen LogP contribution in [0.15, 0.2) is 18.2 Å². The summed E-state index contributed by atoms with van der Waals surface area (Å²) in [5.41, 5.74) is -0.0911. The van der Waals surface area contributed by atoms with Crippen LogP contribution >= 0.6 is 0 Å². The van der Waals surface area contributed by atoms with Crippen LogP contribution in [0.4, 0.5) is 13.2 Å². The monoisotopic (exact) mass is 246 g/mol. The second kappa shape index (κ2) is 5.21. The molecule has 0 spiro atoms. The first-order valence-electron chi connectivity index (χ1n) is 5.25. The third kappa shape index (κ3) is 3.76. The minimum absolute atomic E-state index is 0.0390. The Balaban J connectivity index is 3.07. The van der Waals surface area contributed by atoms with E-state index in [0.29, 0.717) is 12.0 Å². The molecule has 94 valence electrons. The number of aliphatic carboxylic acids is 1. The zero-order chi connectivity index (χ0) is 13.1. The fraction of sp³-hybridized carbons (Fsp3) is 0.417. The van der Waals surface area contributed by atoms with Gasteiger partial charge in [0.1, 0.15) is 0 Å². The highest BCUT2D eigenvalue weighted by Crippen LogP contribution is 2.33. The summed E-state index contributed by atoms with van der Waals surface area (Å²) in [7, 11) is 0. The maximum Gasteiger partial charge on any atom is 0.416 e. The smallest absolute Gasteiger partial charge is 0.416 e. The van der Waals surface area contributed by atoms with E-state index in [2.05, 4.69) is 0 Å². The van der Waals surface area contributed by atoms with Crippen molar-refractivity contribution in [1.29, 1.82) is 0 Å². The number of hydrogen-bond acceptors (Lipinski definition) is 1.